The molecule has 1 amide bonds. The largest absolute Gasteiger partial charge is 0.378 e. The van der Waals surface area contributed by atoms with Gasteiger partial charge in [0.25, 0.3) is 0 Å². The van der Waals surface area contributed by atoms with Gasteiger partial charge < -0.3 is 14.5 Å². The zero-order valence-corrected chi connectivity index (χ0v) is 14.1. The van der Waals surface area contributed by atoms with E-state index in [0.717, 1.165) is 49.9 Å². The molecule has 0 radical (unpaired) electrons. The minimum absolute atomic E-state index is 0.229. The number of hydrogen-bond donors (Lipinski definition) is 0. The van der Waals surface area contributed by atoms with E-state index in [-0.39, 0.29) is 5.91 Å². The predicted octanol–water partition coefficient (Wildman–Crippen LogP) is 1.82. The van der Waals surface area contributed by atoms with E-state index in [9.17, 15) is 4.79 Å². The van der Waals surface area contributed by atoms with Gasteiger partial charge in [-0.05, 0) is 12.0 Å². The number of fused-ring (bicyclic) bond motifs is 3. The fourth-order valence-electron chi connectivity index (χ4n) is 3.36. The number of carbonyl (C=O) groups excluding carboxylic acids is 1. The SMILES string of the molecule is CCC(=O)N1CCc2c(sc3ncnc(N4CCOCC4)c23)C1. The van der Waals surface area contributed by atoms with Crippen LogP contribution in [-0.2, 0) is 22.5 Å². The van der Waals surface area contributed by atoms with E-state index < -0.39 is 0 Å². The number of morpholine rings is 1. The Balaban J connectivity index is 1.74. The van der Waals surface area contributed by atoms with Crippen molar-refractivity contribution in [2.24, 2.45) is 0 Å². The summed E-state index contributed by atoms with van der Waals surface area (Å²) in [5.74, 6) is 1.26. The van der Waals surface area contributed by atoms with Crippen LogP contribution in [0.25, 0.3) is 10.2 Å². The molecule has 0 aliphatic carbocycles. The van der Waals surface area contributed by atoms with Gasteiger partial charge in [-0.25, -0.2) is 9.97 Å². The van der Waals surface area contributed by atoms with E-state index in [1.54, 1.807) is 17.7 Å². The third-order valence-corrected chi connectivity index (χ3v) is 5.71. The first-order valence-corrected chi connectivity index (χ1v) is 8.95. The summed E-state index contributed by atoms with van der Waals surface area (Å²) in [6.45, 7) is 6.67. The monoisotopic (exact) mass is 332 g/mol. The van der Waals surface area contributed by atoms with E-state index in [2.05, 4.69) is 14.9 Å². The van der Waals surface area contributed by atoms with Gasteiger partial charge in [0.05, 0.1) is 25.1 Å². The summed E-state index contributed by atoms with van der Waals surface area (Å²) in [6.07, 6.45) is 3.12. The van der Waals surface area contributed by atoms with E-state index in [1.807, 2.05) is 11.8 Å². The number of ether oxygens (including phenoxy) is 1. The van der Waals surface area contributed by atoms with Crippen LogP contribution >= 0.6 is 11.3 Å². The van der Waals surface area contributed by atoms with Crippen molar-refractivity contribution in [3.05, 3.63) is 16.8 Å². The molecule has 1 saturated heterocycles. The molecule has 6 nitrogen and oxygen atoms in total. The number of nitrogens with zero attached hydrogens (tertiary/aromatic N) is 4. The number of hydrogen-bond acceptors (Lipinski definition) is 6. The highest BCUT2D eigenvalue weighted by atomic mass is 32.1. The van der Waals surface area contributed by atoms with Crippen molar-refractivity contribution in [1.82, 2.24) is 14.9 Å². The highest BCUT2D eigenvalue weighted by Gasteiger charge is 2.27. The van der Waals surface area contributed by atoms with Gasteiger partial charge in [-0.3, -0.25) is 4.79 Å². The Bertz CT molecular complexity index is 739. The predicted molar refractivity (Wildman–Crippen MR) is 89.9 cm³/mol. The average molecular weight is 332 g/mol. The second-order valence-corrected chi connectivity index (χ2v) is 6.98. The van der Waals surface area contributed by atoms with Crippen molar-refractivity contribution >= 4 is 33.3 Å². The Kier molecular flexibility index (Phi) is 3.90. The highest BCUT2D eigenvalue weighted by molar-refractivity contribution is 7.19. The maximum Gasteiger partial charge on any atom is 0.222 e. The quantitative estimate of drug-likeness (QED) is 0.840. The van der Waals surface area contributed by atoms with Crippen molar-refractivity contribution < 1.29 is 9.53 Å². The summed E-state index contributed by atoms with van der Waals surface area (Å²) < 4.78 is 5.45. The van der Waals surface area contributed by atoms with Crippen molar-refractivity contribution in [2.45, 2.75) is 26.3 Å². The molecule has 4 heterocycles. The topological polar surface area (TPSA) is 58.6 Å². The molecule has 0 aromatic carbocycles. The number of anilines is 1. The molecule has 7 heteroatoms. The van der Waals surface area contributed by atoms with Crippen molar-refractivity contribution in [2.75, 3.05) is 37.7 Å². The first kappa shape index (κ1) is 14.8. The smallest absolute Gasteiger partial charge is 0.222 e. The average Bonchev–Trinajstić information content (AvgIpc) is 2.99. The molecule has 0 saturated carbocycles. The first-order valence-electron chi connectivity index (χ1n) is 8.13. The van der Waals surface area contributed by atoms with Crippen LogP contribution in [0.1, 0.15) is 23.8 Å². The lowest BCUT2D eigenvalue weighted by Crippen LogP contribution is -2.37. The molecule has 2 aliphatic rings. The Hall–Kier alpha value is -1.73. The minimum atomic E-state index is 0.229. The molecule has 122 valence electrons. The molecule has 0 unspecified atom stereocenters. The van der Waals surface area contributed by atoms with E-state index in [0.29, 0.717) is 13.0 Å². The van der Waals surface area contributed by atoms with Gasteiger partial charge >= 0.3 is 0 Å². The normalized spacial score (nSPS) is 18.3. The maximum atomic E-state index is 12.0. The molecule has 2 aliphatic heterocycles. The van der Waals surface area contributed by atoms with Gasteiger partial charge in [-0.2, -0.15) is 0 Å². The highest BCUT2D eigenvalue weighted by Crippen LogP contribution is 2.38. The Labute approximate surface area is 139 Å². The number of aromatic nitrogens is 2. The molecule has 0 atom stereocenters. The van der Waals surface area contributed by atoms with Crippen LogP contribution in [0, 0.1) is 0 Å². The molecule has 2 aromatic rings. The van der Waals surface area contributed by atoms with Crippen molar-refractivity contribution in [3.63, 3.8) is 0 Å². The van der Waals surface area contributed by atoms with Gasteiger partial charge in [-0.1, -0.05) is 6.92 Å². The summed E-state index contributed by atoms with van der Waals surface area (Å²) in [5.41, 5.74) is 1.34. The zero-order valence-electron chi connectivity index (χ0n) is 13.2. The Morgan fingerprint density at radius 1 is 1.30 bits per heavy atom. The van der Waals surface area contributed by atoms with Crippen LogP contribution < -0.4 is 4.90 Å². The molecule has 0 spiro atoms. The first-order chi connectivity index (χ1) is 11.3. The Morgan fingerprint density at radius 3 is 2.91 bits per heavy atom. The van der Waals surface area contributed by atoms with Gasteiger partial charge in [-0.15, -0.1) is 11.3 Å². The van der Waals surface area contributed by atoms with E-state index in [1.165, 1.54) is 15.8 Å². The zero-order chi connectivity index (χ0) is 15.8. The van der Waals surface area contributed by atoms with Gasteiger partial charge in [0.2, 0.25) is 5.91 Å². The van der Waals surface area contributed by atoms with Gasteiger partial charge in [0, 0.05) is 30.9 Å². The maximum absolute atomic E-state index is 12.0. The lowest BCUT2D eigenvalue weighted by atomic mass is 10.0. The minimum Gasteiger partial charge on any atom is -0.378 e. The van der Waals surface area contributed by atoms with Crippen LogP contribution in [0.15, 0.2) is 6.33 Å². The molecule has 0 bridgehead atoms. The molecule has 1 fully saturated rings. The van der Waals surface area contributed by atoms with Crippen LogP contribution in [-0.4, -0.2) is 53.6 Å². The number of amides is 1. The van der Waals surface area contributed by atoms with Crippen LogP contribution in [0.2, 0.25) is 0 Å². The van der Waals surface area contributed by atoms with Crippen LogP contribution in [0.5, 0.6) is 0 Å². The third-order valence-electron chi connectivity index (χ3n) is 4.58. The van der Waals surface area contributed by atoms with E-state index >= 15 is 0 Å². The summed E-state index contributed by atoms with van der Waals surface area (Å²) in [6, 6.07) is 0. The number of carbonyl (C=O) groups is 1. The van der Waals surface area contributed by atoms with E-state index in [4.69, 9.17) is 4.74 Å². The molecule has 0 N–H and O–H groups in total. The number of thiophene rings is 1. The second-order valence-electron chi connectivity index (χ2n) is 5.90. The van der Waals surface area contributed by atoms with Crippen molar-refractivity contribution in [3.8, 4) is 0 Å². The summed E-state index contributed by atoms with van der Waals surface area (Å²) in [5, 5.41) is 1.19. The fraction of sp³-hybridized carbons (Fsp3) is 0.562. The lowest BCUT2D eigenvalue weighted by molar-refractivity contribution is -0.131. The molecule has 2 aromatic heterocycles. The molecular weight excluding hydrogens is 312 g/mol. The summed E-state index contributed by atoms with van der Waals surface area (Å²) in [7, 11) is 0. The fourth-order valence-corrected chi connectivity index (χ4v) is 4.56. The van der Waals surface area contributed by atoms with Gasteiger partial charge in [0.1, 0.15) is 17.0 Å². The number of rotatable bonds is 2. The van der Waals surface area contributed by atoms with Gasteiger partial charge in [0.15, 0.2) is 0 Å². The summed E-state index contributed by atoms with van der Waals surface area (Å²) in [4.78, 5) is 27.6. The molecular formula is C16H20N4O2S. The standard InChI is InChI=1S/C16H20N4O2S/c1-2-13(21)20-4-3-11-12(9-20)23-16-14(11)15(17-10-18-16)19-5-7-22-8-6-19/h10H,2-9H2,1H3. The second kappa shape index (κ2) is 6.05. The van der Waals surface area contributed by atoms with Crippen molar-refractivity contribution in [1.29, 1.82) is 0 Å². The molecule has 23 heavy (non-hydrogen) atoms. The third kappa shape index (κ3) is 2.57. The van der Waals surface area contributed by atoms with Crippen LogP contribution in [0.3, 0.4) is 0 Å². The lowest BCUT2D eigenvalue weighted by Gasteiger charge is -2.29. The summed E-state index contributed by atoms with van der Waals surface area (Å²) >= 11 is 1.71. The Morgan fingerprint density at radius 2 is 2.13 bits per heavy atom. The molecule has 4 rings (SSSR count). The van der Waals surface area contributed by atoms with Crippen LogP contribution in [0.4, 0.5) is 5.82 Å².